The smallest absolute Gasteiger partial charge is 0.0571 e. The molecule has 1 N–H and O–H groups in total. The number of unbranched alkanes of at least 4 members (excludes halogenated alkanes) is 1. The molecule has 1 heteroatoms. The molecule has 1 fully saturated rings. The van der Waals surface area contributed by atoms with E-state index in [2.05, 4.69) is 20.8 Å². The van der Waals surface area contributed by atoms with Gasteiger partial charge in [0.15, 0.2) is 0 Å². The summed E-state index contributed by atoms with van der Waals surface area (Å²) in [6.07, 6.45) is 12.8. The summed E-state index contributed by atoms with van der Waals surface area (Å²) >= 11 is 0. The van der Waals surface area contributed by atoms with E-state index >= 15 is 0 Å². The highest BCUT2D eigenvalue weighted by Gasteiger charge is 2.27. The number of hydrogen-bond donors (Lipinski definition) is 1. The Morgan fingerprint density at radius 3 is 2.56 bits per heavy atom. The maximum atomic E-state index is 10.5. The quantitative estimate of drug-likeness (QED) is 0.633. The number of hydrogen-bond acceptors (Lipinski definition) is 1. The van der Waals surface area contributed by atoms with Crippen molar-refractivity contribution in [2.45, 2.75) is 91.1 Å². The third-order valence-electron chi connectivity index (χ3n) is 5.06. The molecular weight excluding hydrogens is 220 g/mol. The minimum Gasteiger partial charge on any atom is -0.393 e. The van der Waals surface area contributed by atoms with Crippen LogP contribution in [0, 0.1) is 17.8 Å². The summed E-state index contributed by atoms with van der Waals surface area (Å²) in [5, 5.41) is 10.5. The third-order valence-corrected chi connectivity index (χ3v) is 5.06. The van der Waals surface area contributed by atoms with Crippen molar-refractivity contribution >= 4 is 0 Å². The molecule has 0 radical (unpaired) electrons. The summed E-state index contributed by atoms with van der Waals surface area (Å²) < 4.78 is 0. The van der Waals surface area contributed by atoms with Gasteiger partial charge >= 0.3 is 0 Å². The van der Waals surface area contributed by atoms with Crippen molar-refractivity contribution in [3.05, 3.63) is 0 Å². The summed E-state index contributed by atoms with van der Waals surface area (Å²) in [4.78, 5) is 0. The SMILES string of the molecule is CCCCC(CC)CC(O)C1CCCC(CC)C1. The lowest BCUT2D eigenvalue weighted by molar-refractivity contribution is 0.0464. The Labute approximate surface area is 114 Å². The average molecular weight is 254 g/mol. The molecule has 0 aromatic heterocycles. The van der Waals surface area contributed by atoms with Crippen LogP contribution in [0.2, 0.25) is 0 Å². The van der Waals surface area contributed by atoms with Gasteiger partial charge in [-0.25, -0.2) is 0 Å². The Morgan fingerprint density at radius 2 is 1.94 bits per heavy atom. The molecule has 0 aromatic rings. The molecule has 1 aliphatic rings. The van der Waals surface area contributed by atoms with E-state index in [9.17, 15) is 5.11 Å². The minimum absolute atomic E-state index is 0.0267. The van der Waals surface area contributed by atoms with Gasteiger partial charge in [-0.3, -0.25) is 0 Å². The van der Waals surface area contributed by atoms with Crippen molar-refractivity contribution in [1.29, 1.82) is 0 Å². The number of aliphatic hydroxyl groups excluding tert-OH is 1. The summed E-state index contributed by atoms with van der Waals surface area (Å²) in [6.45, 7) is 6.84. The van der Waals surface area contributed by atoms with Crippen LogP contribution in [0.3, 0.4) is 0 Å². The molecule has 0 bridgehead atoms. The summed E-state index contributed by atoms with van der Waals surface area (Å²) in [6, 6.07) is 0. The first kappa shape index (κ1) is 16.0. The van der Waals surface area contributed by atoms with E-state index in [1.807, 2.05) is 0 Å². The lowest BCUT2D eigenvalue weighted by atomic mass is 9.75. The first-order valence-corrected chi connectivity index (χ1v) is 8.39. The Kier molecular flexibility index (Phi) is 7.97. The number of aliphatic hydroxyl groups is 1. The van der Waals surface area contributed by atoms with Gasteiger partial charge in [-0.15, -0.1) is 0 Å². The molecular formula is C17H34O. The van der Waals surface area contributed by atoms with Crippen molar-refractivity contribution in [3.63, 3.8) is 0 Å². The zero-order valence-electron chi connectivity index (χ0n) is 12.8. The van der Waals surface area contributed by atoms with E-state index in [1.165, 1.54) is 57.8 Å². The van der Waals surface area contributed by atoms with Crippen molar-refractivity contribution in [3.8, 4) is 0 Å². The molecule has 1 aliphatic carbocycles. The van der Waals surface area contributed by atoms with E-state index in [1.54, 1.807) is 0 Å². The second-order valence-electron chi connectivity index (χ2n) is 6.42. The highest BCUT2D eigenvalue weighted by Crippen LogP contribution is 2.35. The average Bonchev–Trinajstić information content (AvgIpc) is 2.43. The molecule has 0 aromatic carbocycles. The van der Waals surface area contributed by atoms with Gasteiger partial charge in [0, 0.05) is 0 Å². The van der Waals surface area contributed by atoms with Gasteiger partial charge in [0.05, 0.1) is 6.10 Å². The Hall–Kier alpha value is -0.0400. The predicted octanol–water partition coefficient (Wildman–Crippen LogP) is 5.17. The molecule has 108 valence electrons. The Morgan fingerprint density at radius 1 is 1.17 bits per heavy atom. The van der Waals surface area contributed by atoms with Gasteiger partial charge in [-0.05, 0) is 37.0 Å². The molecule has 1 rings (SSSR count). The summed E-state index contributed by atoms with van der Waals surface area (Å²) in [7, 11) is 0. The Balaban J connectivity index is 2.35. The summed E-state index contributed by atoms with van der Waals surface area (Å²) in [5.74, 6) is 2.23. The molecule has 4 atom stereocenters. The summed E-state index contributed by atoms with van der Waals surface area (Å²) in [5.41, 5.74) is 0. The van der Waals surface area contributed by atoms with E-state index in [0.29, 0.717) is 5.92 Å². The van der Waals surface area contributed by atoms with Crippen LogP contribution in [-0.2, 0) is 0 Å². The topological polar surface area (TPSA) is 20.2 Å². The van der Waals surface area contributed by atoms with Crippen LogP contribution in [-0.4, -0.2) is 11.2 Å². The van der Waals surface area contributed by atoms with Crippen LogP contribution in [0.15, 0.2) is 0 Å². The molecule has 0 saturated heterocycles. The molecule has 0 aliphatic heterocycles. The van der Waals surface area contributed by atoms with E-state index in [-0.39, 0.29) is 6.10 Å². The fraction of sp³-hybridized carbons (Fsp3) is 1.00. The lowest BCUT2D eigenvalue weighted by Crippen LogP contribution is -2.28. The largest absolute Gasteiger partial charge is 0.393 e. The second kappa shape index (κ2) is 8.96. The lowest BCUT2D eigenvalue weighted by Gasteiger charge is -2.33. The maximum Gasteiger partial charge on any atom is 0.0571 e. The van der Waals surface area contributed by atoms with Gasteiger partial charge in [0.1, 0.15) is 0 Å². The van der Waals surface area contributed by atoms with Gasteiger partial charge in [-0.2, -0.15) is 0 Å². The van der Waals surface area contributed by atoms with Crippen molar-refractivity contribution in [1.82, 2.24) is 0 Å². The fourth-order valence-electron chi connectivity index (χ4n) is 3.57. The fourth-order valence-corrected chi connectivity index (χ4v) is 3.57. The van der Waals surface area contributed by atoms with Gasteiger partial charge in [-0.1, -0.05) is 65.7 Å². The standard InChI is InChI=1S/C17H34O/c1-4-7-9-15(6-3)13-17(18)16-11-8-10-14(5-2)12-16/h14-18H,4-13H2,1-3H3. The zero-order valence-corrected chi connectivity index (χ0v) is 12.8. The maximum absolute atomic E-state index is 10.5. The van der Waals surface area contributed by atoms with Crippen molar-refractivity contribution in [2.24, 2.45) is 17.8 Å². The van der Waals surface area contributed by atoms with Gasteiger partial charge in [0.25, 0.3) is 0 Å². The van der Waals surface area contributed by atoms with Crippen LogP contribution < -0.4 is 0 Å². The highest BCUT2D eigenvalue weighted by atomic mass is 16.3. The highest BCUT2D eigenvalue weighted by molar-refractivity contribution is 4.79. The molecule has 0 amide bonds. The second-order valence-corrected chi connectivity index (χ2v) is 6.42. The first-order chi connectivity index (χ1) is 8.71. The predicted molar refractivity (Wildman–Crippen MR) is 79.7 cm³/mol. The van der Waals surface area contributed by atoms with Crippen LogP contribution >= 0.6 is 0 Å². The van der Waals surface area contributed by atoms with Crippen LogP contribution in [0.4, 0.5) is 0 Å². The van der Waals surface area contributed by atoms with E-state index in [0.717, 1.165) is 18.3 Å². The zero-order chi connectivity index (χ0) is 13.4. The Bertz CT molecular complexity index is 202. The first-order valence-electron chi connectivity index (χ1n) is 8.39. The van der Waals surface area contributed by atoms with Crippen LogP contribution in [0.25, 0.3) is 0 Å². The van der Waals surface area contributed by atoms with Crippen molar-refractivity contribution in [2.75, 3.05) is 0 Å². The monoisotopic (exact) mass is 254 g/mol. The minimum atomic E-state index is -0.0267. The van der Waals surface area contributed by atoms with Crippen molar-refractivity contribution < 1.29 is 5.11 Å². The molecule has 0 spiro atoms. The molecule has 4 unspecified atom stereocenters. The van der Waals surface area contributed by atoms with Crippen LogP contribution in [0.5, 0.6) is 0 Å². The molecule has 1 nitrogen and oxygen atoms in total. The van der Waals surface area contributed by atoms with Gasteiger partial charge in [0.2, 0.25) is 0 Å². The van der Waals surface area contributed by atoms with Crippen LogP contribution in [0.1, 0.15) is 85.0 Å². The van der Waals surface area contributed by atoms with E-state index < -0.39 is 0 Å². The molecule has 0 heterocycles. The third kappa shape index (κ3) is 5.30. The number of rotatable bonds is 8. The van der Waals surface area contributed by atoms with Gasteiger partial charge < -0.3 is 5.11 Å². The molecule has 18 heavy (non-hydrogen) atoms. The molecule has 1 saturated carbocycles. The van der Waals surface area contributed by atoms with E-state index in [4.69, 9.17) is 0 Å². The normalized spacial score (nSPS) is 28.0.